The Balaban J connectivity index is 2.39. The van der Waals surface area contributed by atoms with Crippen LogP contribution >= 0.6 is 0 Å². The zero-order valence-electron chi connectivity index (χ0n) is 7.44. The lowest BCUT2D eigenvalue weighted by molar-refractivity contribution is 0.945. The van der Waals surface area contributed by atoms with Gasteiger partial charge in [-0.15, -0.1) is 0 Å². The van der Waals surface area contributed by atoms with E-state index in [0.717, 1.165) is 24.4 Å². The highest BCUT2D eigenvalue weighted by Crippen LogP contribution is 2.26. The molecule has 2 aromatic heterocycles. The van der Waals surface area contributed by atoms with Crippen LogP contribution in [-0.4, -0.2) is 28.0 Å². The van der Waals surface area contributed by atoms with Crippen LogP contribution in [0.15, 0.2) is 18.7 Å². The van der Waals surface area contributed by atoms with Crippen molar-refractivity contribution < 1.29 is 0 Å². The highest BCUT2D eigenvalue weighted by atomic mass is 15.2. The van der Waals surface area contributed by atoms with E-state index < -0.39 is 0 Å². The van der Waals surface area contributed by atoms with Crippen molar-refractivity contribution in [3.63, 3.8) is 0 Å². The summed E-state index contributed by atoms with van der Waals surface area (Å²) in [7, 11) is 2.07. The van der Waals surface area contributed by atoms with Gasteiger partial charge in [-0.1, -0.05) is 0 Å². The molecule has 3 rings (SSSR count). The minimum atomic E-state index is 1.05. The van der Waals surface area contributed by atoms with Crippen LogP contribution in [-0.2, 0) is 6.42 Å². The second kappa shape index (κ2) is 2.22. The molecule has 13 heavy (non-hydrogen) atoms. The number of nitrogens with zero attached hydrogens (tertiary/aromatic N) is 4. The fourth-order valence-electron chi connectivity index (χ4n) is 1.87. The van der Waals surface area contributed by atoms with Gasteiger partial charge in [-0.3, -0.25) is 4.40 Å². The first kappa shape index (κ1) is 6.88. The minimum absolute atomic E-state index is 1.05. The summed E-state index contributed by atoms with van der Waals surface area (Å²) < 4.78 is 1.97. The largest absolute Gasteiger partial charge is 0.359 e. The number of imidazole rings is 1. The van der Waals surface area contributed by atoms with E-state index in [9.17, 15) is 0 Å². The maximum absolute atomic E-state index is 4.39. The van der Waals surface area contributed by atoms with E-state index in [2.05, 4.69) is 21.9 Å². The summed E-state index contributed by atoms with van der Waals surface area (Å²) in [5, 5.41) is 0. The van der Waals surface area contributed by atoms with Crippen LogP contribution in [0.1, 0.15) is 5.56 Å². The molecule has 4 nitrogen and oxygen atoms in total. The second-order valence-electron chi connectivity index (χ2n) is 3.38. The Hall–Kier alpha value is -1.58. The van der Waals surface area contributed by atoms with Crippen LogP contribution in [0, 0.1) is 0 Å². The standard InChI is InChI=1S/C9H10N4/c1-12-4-2-7-8(12)11-6-13-5-3-10-9(7)13/h3,5-6H,2,4H2,1H3. The van der Waals surface area contributed by atoms with Crippen molar-refractivity contribution in [1.29, 1.82) is 0 Å². The first-order valence-electron chi connectivity index (χ1n) is 4.38. The van der Waals surface area contributed by atoms with Gasteiger partial charge in [0, 0.05) is 31.5 Å². The van der Waals surface area contributed by atoms with Crippen LogP contribution < -0.4 is 4.90 Å². The fourth-order valence-corrected chi connectivity index (χ4v) is 1.87. The number of hydrogen-bond acceptors (Lipinski definition) is 3. The van der Waals surface area contributed by atoms with Crippen LogP contribution in [0.5, 0.6) is 0 Å². The molecule has 1 aliphatic rings. The Labute approximate surface area is 75.8 Å². The number of aromatic nitrogens is 3. The first-order chi connectivity index (χ1) is 6.36. The summed E-state index contributed by atoms with van der Waals surface area (Å²) in [6, 6.07) is 0. The van der Waals surface area contributed by atoms with Crippen molar-refractivity contribution in [3.8, 4) is 0 Å². The van der Waals surface area contributed by atoms with Crippen LogP contribution in [0.25, 0.3) is 5.65 Å². The van der Waals surface area contributed by atoms with E-state index in [1.54, 1.807) is 0 Å². The SMILES string of the molecule is CN1CCc2c1ncn1ccnc21. The summed E-state index contributed by atoms with van der Waals surface area (Å²) in [4.78, 5) is 10.9. The maximum Gasteiger partial charge on any atom is 0.144 e. The first-order valence-corrected chi connectivity index (χ1v) is 4.38. The molecule has 4 heteroatoms. The predicted octanol–water partition coefficient (Wildman–Crippen LogP) is 0.722. The van der Waals surface area contributed by atoms with Gasteiger partial charge in [0.15, 0.2) is 0 Å². The highest BCUT2D eigenvalue weighted by molar-refractivity contribution is 5.64. The van der Waals surface area contributed by atoms with Crippen LogP contribution in [0.3, 0.4) is 0 Å². The molecule has 0 amide bonds. The number of hydrogen-bond donors (Lipinski definition) is 0. The van der Waals surface area contributed by atoms with E-state index in [0.29, 0.717) is 0 Å². The Morgan fingerprint density at radius 1 is 1.38 bits per heavy atom. The molecular formula is C9H10N4. The third kappa shape index (κ3) is 0.798. The van der Waals surface area contributed by atoms with Crippen molar-refractivity contribution in [2.45, 2.75) is 6.42 Å². The van der Waals surface area contributed by atoms with Gasteiger partial charge in [-0.25, -0.2) is 9.97 Å². The Bertz CT molecular complexity index is 460. The van der Waals surface area contributed by atoms with Crippen molar-refractivity contribution >= 4 is 11.5 Å². The van der Waals surface area contributed by atoms with E-state index in [-0.39, 0.29) is 0 Å². The lowest BCUT2D eigenvalue weighted by atomic mass is 10.2. The Kier molecular flexibility index (Phi) is 1.17. The monoisotopic (exact) mass is 174 g/mol. The number of fused-ring (bicyclic) bond motifs is 3. The van der Waals surface area contributed by atoms with E-state index in [1.807, 2.05) is 23.1 Å². The minimum Gasteiger partial charge on any atom is -0.359 e. The quantitative estimate of drug-likeness (QED) is 0.590. The predicted molar refractivity (Wildman–Crippen MR) is 50.0 cm³/mol. The molecule has 0 aromatic carbocycles. The molecule has 0 saturated carbocycles. The molecule has 1 aliphatic heterocycles. The molecular weight excluding hydrogens is 164 g/mol. The molecule has 3 heterocycles. The summed E-state index contributed by atoms with van der Waals surface area (Å²) in [6.07, 6.45) is 6.62. The van der Waals surface area contributed by atoms with Crippen molar-refractivity contribution in [3.05, 3.63) is 24.3 Å². The Morgan fingerprint density at radius 2 is 2.31 bits per heavy atom. The van der Waals surface area contributed by atoms with Gasteiger partial charge in [-0.2, -0.15) is 0 Å². The number of anilines is 1. The highest BCUT2D eigenvalue weighted by Gasteiger charge is 2.20. The molecule has 0 unspecified atom stereocenters. The maximum atomic E-state index is 4.39. The van der Waals surface area contributed by atoms with Crippen molar-refractivity contribution in [1.82, 2.24) is 14.4 Å². The van der Waals surface area contributed by atoms with Gasteiger partial charge >= 0.3 is 0 Å². The van der Waals surface area contributed by atoms with E-state index >= 15 is 0 Å². The molecule has 0 atom stereocenters. The molecule has 66 valence electrons. The topological polar surface area (TPSA) is 33.4 Å². The Morgan fingerprint density at radius 3 is 3.23 bits per heavy atom. The number of rotatable bonds is 0. The van der Waals surface area contributed by atoms with Gasteiger partial charge in [0.1, 0.15) is 17.8 Å². The normalized spacial score (nSPS) is 15.3. The van der Waals surface area contributed by atoms with E-state index in [4.69, 9.17) is 0 Å². The zero-order chi connectivity index (χ0) is 8.84. The average Bonchev–Trinajstić information content (AvgIpc) is 2.70. The van der Waals surface area contributed by atoms with Crippen molar-refractivity contribution in [2.75, 3.05) is 18.5 Å². The smallest absolute Gasteiger partial charge is 0.144 e. The van der Waals surface area contributed by atoms with E-state index in [1.165, 1.54) is 5.56 Å². The summed E-state index contributed by atoms with van der Waals surface area (Å²) >= 11 is 0. The van der Waals surface area contributed by atoms with Gasteiger partial charge in [0.2, 0.25) is 0 Å². The van der Waals surface area contributed by atoms with Gasteiger partial charge in [-0.05, 0) is 6.42 Å². The number of likely N-dealkylation sites (N-methyl/N-ethyl adjacent to an activating group) is 1. The van der Waals surface area contributed by atoms with Crippen LogP contribution in [0.2, 0.25) is 0 Å². The molecule has 0 bridgehead atoms. The summed E-state index contributed by atoms with van der Waals surface area (Å²) in [5.74, 6) is 1.08. The van der Waals surface area contributed by atoms with Gasteiger partial charge < -0.3 is 4.90 Å². The summed E-state index contributed by atoms with van der Waals surface area (Å²) in [5.41, 5.74) is 2.32. The third-order valence-electron chi connectivity index (χ3n) is 2.57. The summed E-state index contributed by atoms with van der Waals surface area (Å²) in [6.45, 7) is 1.05. The van der Waals surface area contributed by atoms with Gasteiger partial charge in [0.25, 0.3) is 0 Å². The molecule has 0 N–H and O–H groups in total. The average molecular weight is 174 g/mol. The van der Waals surface area contributed by atoms with Gasteiger partial charge in [0.05, 0.1) is 0 Å². The second-order valence-corrected chi connectivity index (χ2v) is 3.38. The lowest BCUT2D eigenvalue weighted by Gasteiger charge is -2.09. The molecule has 0 spiro atoms. The molecule has 0 fully saturated rings. The fraction of sp³-hybridized carbons (Fsp3) is 0.333. The molecule has 0 saturated heterocycles. The van der Waals surface area contributed by atoms with Crippen molar-refractivity contribution in [2.24, 2.45) is 0 Å². The molecule has 2 aromatic rings. The molecule has 0 aliphatic carbocycles. The zero-order valence-corrected chi connectivity index (χ0v) is 7.44. The van der Waals surface area contributed by atoms with Crippen LogP contribution in [0.4, 0.5) is 5.82 Å². The lowest BCUT2D eigenvalue weighted by Crippen LogP contribution is -2.13. The third-order valence-corrected chi connectivity index (χ3v) is 2.57. The molecule has 0 radical (unpaired) electrons.